The Kier molecular flexibility index (Phi) is 6.67. The van der Waals surface area contributed by atoms with E-state index in [1.807, 2.05) is 0 Å². The number of carboxylic acid groups (broad SMARTS) is 1. The second-order valence-electron chi connectivity index (χ2n) is 2.42. The molecule has 0 atom stereocenters. The van der Waals surface area contributed by atoms with E-state index >= 15 is 0 Å². The molecule has 0 heterocycles. The molecule has 0 aliphatic rings. The molecular formula is C7H3Cl2F3O3S4. The minimum Gasteiger partial charge on any atom is -0.472 e. The molecule has 0 bridgehead atoms. The Morgan fingerprint density at radius 3 is 1.68 bits per heavy atom. The van der Waals surface area contributed by atoms with Crippen molar-refractivity contribution in [3.05, 3.63) is 0 Å². The van der Waals surface area contributed by atoms with E-state index < -0.39 is 32.8 Å². The van der Waals surface area contributed by atoms with Gasteiger partial charge in [0, 0.05) is 36.2 Å². The van der Waals surface area contributed by atoms with Gasteiger partial charge in [-0.2, -0.15) is 13.2 Å². The number of carbonyl (C=O) groups is 2. The monoisotopic (exact) mass is 390 g/mol. The van der Waals surface area contributed by atoms with Gasteiger partial charge in [0.2, 0.25) is 0 Å². The lowest BCUT2D eigenvalue weighted by Gasteiger charge is -2.42. The normalized spacial score (nSPS) is 14.1. The van der Waals surface area contributed by atoms with Crippen molar-refractivity contribution in [2.24, 2.45) is 0 Å². The Morgan fingerprint density at radius 1 is 1.16 bits per heavy atom. The standard InChI is InChI=1S/C7H3Cl2F3O3S4/c1-3-18(4-2,5(13)7(10,11)12)19(16-8,17-9)6(14)15/h1-2H,(H,14,15). The molecular weight excluding hydrogens is 388 g/mol. The molecule has 0 amide bonds. The van der Waals surface area contributed by atoms with E-state index in [0.29, 0.717) is 0 Å². The molecule has 0 aromatic carbocycles. The van der Waals surface area contributed by atoms with Crippen molar-refractivity contribution in [1.29, 1.82) is 0 Å². The topological polar surface area (TPSA) is 54.4 Å². The summed E-state index contributed by atoms with van der Waals surface area (Å²) >= 11 is 0. The molecule has 0 spiro atoms. The Hall–Kier alpha value is 0.0300. The zero-order valence-corrected chi connectivity index (χ0v) is 13.2. The predicted molar refractivity (Wildman–Crippen MR) is 78.8 cm³/mol. The average Bonchev–Trinajstić information content (AvgIpc) is 2.34. The van der Waals surface area contributed by atoms with Gasteiger partial charge in [-0.05, 0) is 31.9 Å². The summed E-state index contributed by atoms with van der Waals surface area (Å²) in [5, 5.41) is 7.79. The highest BCUT2D eigenvalue weighted by Crippen LogP contribution is 2.95. The number of alkyl halides is 3. The lowest BCUT2D eigenvalue weighted by atomic mass is 10.8. The fraction of sp³-hybridized carbons (Fsp3) is 0.143. The molecule has 0 aliphatic heterocycles. The van der Waals surface area contributed by atoms with Gasteiger partial charge in [0.05, 0.1) is 0 Å². The number of halogens is 5. The van der Waals surface area contributed by atoms with E-state index in [1.54, 1.807) is 0 Å². The smallest absolute Gasteiger partial charge is 0.461 e. The molecule has 0 aromatic heterocycles. The number of terminal acetylenes is 2. The number of carbonyl (C=O) groups excluding carboxylic acids is 1. The van der Waals surface area contributed by atoms with Crippen LogP contribution in [0.3, 0.4) is 0 Å². The number of hydrogen-bond donors (Lipinski definition) is 1. The summed E-state index contributed by atoms with van der Waals surface area (Å²) in [5.41, 5.74) is 0. The highest BCUT2D eigenvalue weighted by molar-refractivity contribution is 9.63. The molecule has 0 fully saturated rings. The van der Waals surface area contributed by atoms with Crippen molar-refractivity contribution >= 4 is 68.0 Å². The van der Waals surface area contributed by atoms with Crippen LogP contribution in [0.1, 0.15) is 0 Å². The van der Waals surface area contributed by atoms with E-state index in [-0.39, 0.29) is 20.0 Å². The summed E-state index contributed by atoms with van der Waals surface area (Å²) in [6.45, 7) is 0. The minimum atomic E-state index is -5.39. The zero-order chi connectivity index (χ0) is 15.5. The van der Waals surface area contributed by atoms with Gasteiger partial charge in [0.15, 0.2) is 0 Å². The fourth-order valence-electron chi connectivity index (χ4n) is 0.778. The fourth-order valence-corrected chi connectivity index (χ4v) is 16.8. The van der Waals surface area contributed by atoms with Crippen molar-refractivity contribution in [3.8, 4) is 23.4 Å². The van der Waals surface area contributed by atoms with Crippen LogP contribution in [0.5, 0.6) is 0 Å². The Bertz CT molecular complexity index is 463. The first kappa shape index (κ1) is 19.0. The summed E-state index contributed by atoms with van der Waals surface area (Å²) < 4.78 is 37.7. The molecule has 19 heavy (non-hydrogen) atoms. The van der Waals surface area contributed by atoms with Gasteiger partial charge in [-0.15, -0.1) is 12.8 Å². The van der Waals surface area contributed by atoms with Crippen molar-refractivity contribution in [1.82, 2.24) is 0 Å². The molecule has 108 valence electrons. The van der Waals surface area contributed by atoms with Crippen molar-refractivity contribution in [3.63, 3.8) is 0 Å². The maximum Gasteiger partial charge on any atom is 0.461 e. The lowest BCUT2D eigenvalue weighted by molar-refractivity contribution is -0.160. The van der Waals surface area contributed by atoms with Gasteiger partial charge in [-0.1, -0.05) is 0 Å². The predicted octanol–water partition coefficient (Wildman–Crippen LogP) is 5.06. The Labute approximate surface area is 125 Å². The molecule has 1 N–H and O–H groups in total. The van der Waals surface area contributed by atoms with Crippen LogP contribution in [0.2, 0.25) is 0 Å². The summed E-state index contributed by atoms with van der Waals surface area (Å²) in [5.74, 6) is 0. The highest BCUT2D eigenvalue weighted by atomic mass is 35.8. The first-order chi connectivity index (χ1) is 8.59. The van der Waals surface area contributed by atoms with Gasteiger partial charge in [0.1, 0.15) is 0 Å². The maximum absolute atomic E-state index is 12.6. The molecule has 0 rings (SSSR count). The van der Waals surface area contributed by atoms with Gasteiger partial charge in [0.25, 0.3) is 0 Å². The molecule has 0 saturated carbocycles. The third kappa shape index (κ3) is 3.04. The second-order valence-corrected chi connectivity index (χ2v) is 16.8. The summed E-state index contributed by atoms with van der Waals surface area (Å²) in [7, 11) is 2.63. The van der Waals surface area contributed by atoms with Crippen LogP contribution < -0.4 is 0 Å². The molecule has 0 aromatic rings. The Morgan fingerprint density at radius 2 is 1.53 bits per heavy atom. The molecule has 12 heteroatoms. The Balaban J connectivity index is 6.38. The van der Waals surface area contributed by atoms with Crippen LogP contribution in [0.15, 0.2) is 0 Å². The molecule has 3 nitrogen and oxygen atoms in total. The van der Waals surface area contributed by atoms with E-state index in [2.05, 4.69) is 0 Å². The zero-order valence-electron chi connectivity index (χ0n) is 8.44. The number of rotatable bonds is 2. The third-order valence-corrected chi connectivity index (χ3v) is 21.9. The van der Waals surface area contributed by atoms with Crippen LogP contribution in [0, 0.1) is 23.4 Å². The van der Waals surface area contributed by atoms with Crippen LogP contribution in [0.25, 0.3) is 0 Å². The molecule has 0 radical (unpaired) electrons. The highest BCUT2D eigenvalue weighted by Gasteiger charge is 2.61. The van der Waals surface area contributed by atoms with Gasteiger partial charge >= 0.3 is 16.6 Å². The molecule has 0 aliphatic carbocycles. The molecule has 0 unspecified atom stereocenters. The second kappa shape index (κ2) is 6.66. The SMILES string of the molecule is C#CS(C#C)(C(=O)C(F)(F)F)S(SCl)(SCl)C(=O)O. The summed E-state index contributed by atoms with van der Waals surface area (Å²) in [4.78, 5) is 22.7. The van der Waals surface area contributed by atoms with Crippen molar-refractivity contribution in [2.45, 2.75) is 6.18 Å². The van der Waals surface area contributed by atoms with Crippen LogP contribution in [-0.4, -0.2) is 21.7 Å². The summed E-state index contributed by atoms with van der Waals surface area (Å²) in [6, 6.07) is 0. The van der Waals surface area contributed by atoms with E-state index in [1.165, 1.54) is 10.5 Å². The average molecular weight is 391 g/mol. The maximum atomic E-state index is 12.6. The lowest BCUT2D eigenvalue weighted by Crippen LogP contribution is -2.29. The summed E-state index contributed by atoms with van der Waals surface area (Å²) in [6.07, 6.45) is 4.47. The van der Waals surface area contributed by atoms with Crippen molar-refractivity contribution in [2.75, 3.05) is 0 Å². The van der Waals surface area contributed by atoms with Crippen LogP contribution in [0.4, 0.5) is 18.0 Å². The van der Waals surface area contributed by atoms with Gasteiger partial charge < -0.3 is 5.11 Å². The quantitative estimate of drug-likeness (QED) is 0.527. The minimum absolute atomic E-state index is 0.0557. The first-order valence-electron chi connectivity index (χ1n) is 3.65. The van der Waals surface area contributed by atoms with Crippen LogP contribution in [-0.2, 0) is 4.79 Å². The van der Waals surface area contributed by atoms with E-state index in [0.717, 1.165) is 0 Å². The first-order valence-corrected chi connectivity index (χ1v) is 11.8. The van der Waals surface area contributed by atoms with Crippen molar-refractivity contribution < 1.29 is 27.9 Å². The van der Waals surface area contributed by atoms with Gasteiger partial charge in [-0.25, -0.2) is 4.79 Å². The largest absolute Gasteiger partial charge is 0.472 e. The van der Waals surface area contributed by atoms with Crippen LogP contribution >= 0.6 is 57.6 Å². The van der Waals surface area contributed by atoms with Gasteiger partial charge in [-0.3, -0.25) is 4.79 Å². The van der Waals surface area contributed by atoms with E-state index in [9.17, 15) is 22.8 Å². The third-order valence-electron chi connectivity index (χ3n) is 1.53. The van der Waals surface area contributed by atoms with E-state index in [4.69, 9.17) is 39.3 Å². The number of hydrogen-bond acceptors (Lipinski definition) is 4. The molecule has 0 saturated heterocycles.